The van der Waals surface area contributed by atoms with Gasteiger partial charge >= 0.3 is 5.97 Å². The van der Waals surface area contributed by atoms with Gasteiger partial charge in [-0.2, -0.15) is 0 Å². The molecule has 7 unspecified atom stereocenters. The van der Waals surface area contributed by atoms with Crippen molar-refractivity contribution in [2.75, 3.05) is 0 Å². The molecule has 3 heteroatoms. The Morgan fingerprint density at radius 2 is 1.90 bits per heavy atom. The van der Waals surface area contributed by atoms with Crippen molar-refractivity contribution in [3.8, 4) is 0 Å². The third-order valence-electron chi connectivity index (χ3n) is 9.26. The third-order valence-corrected chi connectivity index (χ3v) is 9.26. The number of carbonyl (C=O) groups is 1. The van der Waals surface area contributed by atoms with Crippen molar-refractivity contribution in [2.45, 2.75) is 118 Å². The van der Waals surface area contributed by atoms with E-state index in [1.807, 2.05) is 6.92 Å². The number of aliphatic hydroxyl groups excluding tert-OH is 1. The van der Waals surface area contributed by atoms with Crippen molar-refractivity contribution in [1.82, 2.24) is 0 Å². The minimum absolute atomic E-state index is 0.0884. The molecule has 0 aromatic rings. The lowest BCUT2D eigenvalue weighted by Crippen LogP contribution is -2.47. The Morgan fingerprint density at radius 3 is 2.48 bits per heavy atom. The largest absolute Gasteiger partial charge is 0.481 e. The normalized spacial score (nSPS) is 35.0. The molecule has 2 aliphatic rings. The summed E-state index contributed by atoms with van der Waals surface area (Å²) in [7, 11) is 0. The van der Waals surface area contributed by atoms with Gasteiger partial charge in [0.2, 0.25) is 0 Å². The SMILES string of the molecule is CCCC(CC(CC)C(=O)O)C(C)(C)CCC1C(C)CCC2CC(O)CCC21C. The molecule has 0 aromatic heterocycles. The zero-order valence-corrected chi connectivity index (χ0v) is 20.0. The minimum Gasteiger partial charge on any atom is -0.481 e. The van der Waals surface area contributed by atoms with Gasteiger partial charge in [-0.3, -0.25) is 4.79 Å². The lowest BCUT2D eigenvalue weighted by molar-refractivity contribution is -0.142. The van der Waals surface area contributed by atoms with Crippen molar-refractivity contribution in [1.29, 1.82) is 0 Å². The van der Waals surface area contributed by atoms with Crippen LogP contribution in [0.5, 0.6) is 0 Å². The molecule has 3 nitrogen and oxygen atoms in total. The van der Waals surface area contributed by atoms with Crippen molar-refractivity contribution < 1.29 is 15.0 Å². The van der Waals surface area contributed by atoms with Crippen LogP contribution < -0.4 is 0 Å². The molecular formula is C26H48O3. The summed E-state index contributed by atoms with van der Waals surface area (Å²) < 4.78 is 0. The topological polar surface area (TPSA) is 57.5 Å². The Balaban J connectivity index is 2.10. The van der Waals surface area contributed by atoms with Gasteiger partial charge in [-0.15, -0.1) is 0 Å². The van der Waals surface area contributed by atoms with Crippen molar-refractivity contribution in [3.05, 3.63) is 0 Å². The molecule has 2 fully saturated rings. The summed E-state index contributed by atoms with van der Waals surface area (Å²) >= 11 is 0. The van der Waals surface area contributed by atoms with Gasteiger partial charge in [-0.1, -0.05) is 60.8 Å². The molecule has 0 aliphatic heterocycles. The van der Waals surface area contributed by atoms with E-state index in [4.69, 9.17) is 0 Å². The maximum atomic E-state index is 11.7. The van der Waals surface area contributed by atoms with Crippen LogP contribution in [0, 0.1) is 40.4 Å². The van der Waals surface area contributed by atoms with Gasteiger partial charge in [0.25, 0.3) is 0 Å². The summed E-state index contributed by atoms with van der Waals surface area (Å²) in [6.07, 6.45) is 11.9. The summed E-state index contributed by atoms with van der Waals surface area (Å²) in [6.45, 7) is 14.0. The van der Waals surface area contributed by atoms with Gasteiger partial charge in [-0.05, 0) is 85.9 Å². The first-order valence-corrected chi connectivity index (χ1v) is 12.5. The average molecular weight is 409 g/mol. The van der Waals surface area contributed by atoms with E-state index in [9.17, 15) is 15.0 Å². The van der Waals surface area contributed by atoms with Crippen molar-refractivity contribution >= 4 is 5.97 Å². The second-order valence-corrected chi connectivity index (χ2v) is 11.5. The molecule has 0 aromatic carbocycles. The maximum Gasteiger partial charge on any atom is 0.306 e. The molecule has 2 N–H and O–H groups in total. The number of hydrogen-bond donors (Lipinski definition) is 2. The summed E-state index contributed by atoms with van der Waals surface area (Å²) in [5.74, 6) is 1.82. The molecule has 0 amide bonds. The first-order valence-electron chi connectivity index (χ1n) is 12.5. The van der Waals surface area contributed by atoms with Gasteiger partial charge in [0.1, 0.15) is 0 Å². The molecule has 2 saturated carbocycles. The number of carboxylic acid groups (broad SMARTS) is 1. The number of rotatable bonds is 10. The molecule has 0 spiro atoms. The average Bonchev–Trinajstić information content (AvgIpc) is 2.64. The summed E-state index contributed by atoms with van der Waals surface area (Å²) in [4.78, 5) is 11.7. The minimum atomic E-state index is -0.624. The number of aliphatic hydroxyl groups is 1. The van der Waals surface area contributed by atoms with Crippen LogP contribution in [0.3, 0.4) is 0 Å². The van der Waals surface area contributed by atoms with E-state index in [0.717, 1.165) is 50.4 Å². The first-order chi connectivity index (χ1) is 13.5. The van der Waals surface area contributed by atoms with Gasteiger partial charge in [0, 0.05) is 0 Å². The van der Waals surface area contributed by atoms with Crippen molar-refractivity contribution in [3.63, 3.8) is 0 Å². The number of fused-ring (bicyclic) bond motifs is 1. The highest BCUT2D eigenvalue weighted by molar-refractivity contribution is 5.69. The number of aliphatic carboxylic acids is 1. The van der Waals surface area contributed by atoms with E-state index in [2.05, 4.69) is 34.6 Å². The third kappa shape index (κ3) is 5.77. The van der Waals surface area contributed by atoms with Gasteiger partial charge in [-0.25, -0.2) is 0 Å². The fourth-order valence-electron chi connectivity index (χ4n) is 6.96. The predicted octanol–water partition coefficient (Wildman–Crippen LogP) is 6.92. The van der Waals surface area contributed by atoms with Crippen LogP contribution in [0.1, 0.15) is 112 Å². The smallest absolute Gasteiger partial charge is 0.306 e. The highest BCUT2D eigenvalue weighted by Gasteiger charge is 2.49. The van der Waals surface area contributed by atoms with Crippen LogP contribution in [0.4, 0.5) is 0 Å². The van der Waals surface area contributed by atoms with E-state index in [1.165, 1.54) is 32.1 Å². The molecule has 0 radical (unpaired) electrons. The van der Waals surface area contributed by atoms with E-state index in [0.29, 0.717) is 17.3 Å². The Bertz CT molecular complexity index is 528. The lowest BCUT2D eigenvalue weighted by atomic mass is 9.51. The lowest BCUT2D eigenvalue weighted by Gasteiger charge is -2.55. The molecule has 170 valence electrons. The van der Waals surface area contributed by atoms with Gasteiger partial charge in [0.05, 0.1) is 12.0 Å². The molecule has 0 saturated heterocycles. The van der Waals surface area contributed by atoms with Crippen LogP contribution in [0.25, 0.3) is 0 Å². The summed E-state index contributed by atoms with van der Waals surface area (Å²) in [6, 6.07) is 0. The molecular weight excluding hydrogens is 360 g/mol. The Hall–Kier alpha value is -0.570. The van der Waals surface area contributed by atoms with Crippen LogP contribution in [0.2, 0.25) is 0 Å². The van der Waals surface area contributed by atoms with Gasteiger partial charge in [0.15, 0.2) is 0 Å². The van der Waals surface area contributed by atoms with Crippen LogP contribution in [-0.4, -0.2) is 22.3 Å². The number of carboxylic acids is 1. The second-order valence-electron chi connectivity index (χ2n) is 11.5. The summed E-state index contributed by atoms with van der Waals surface area (Å²) in [5.41, 5.74) is 0.552. The summed E-state index contributed by atoms with van der Waals surface area (Å²) in [5, 5.41) is 19.8. The molecule has 0 bridgehead atoms. The molecule has 0 heterocycles. The molecule has 29 heavy (non-hydrogen) atoms. The standard InChI is InChI=1S/C26H48O3/c1-7-9-20(16-19(8-2)24(28)29)25(4,5)14-13-23-18(3)10-11-21-17-22(27)12-15-26(21,23)6/h18-23,27H,7-17H2,1-6H3,(H,28,29). The first kappa shape index (κ1) is 24.7. The monoisotopic (exact) mass is 408 g/mol. The van der Waals surface area contributed by atoms with Crippen LogP contribution in [-0.2, 0) is 4.79 Å². The van der Waals surface area contributed by atoms with E-state index >= 15 is 0 Å². The zero-order chi connectivity index (χ0) is 21.8. The molecule has 2 rings (SSSR count). The Morgan fingerprint density at radius 1 is 1.21 bits per heavy atom. The second kappa shape index (κ2) is 10.2. The molecule has 7 atom stereocenters. The maximum absolute atomic E-state index is 11.7. The van der Waals surface area contributed by atoms with E-state index in [1.54, 1.807) is 0 Å². The predicted molar refractivity (Wildman–Crippen MR) is 121 cm³/mol. The van der Waals surface area contributed by atoms with Crippen LogP contribution >= 0.6 is 0 Å². The number of hydrogen-bond acceptors (Lipinski definition) is 2. The van der Waals surface area contributed by atoms with Crippen LogP contribution in [0.15, 0.2) is 0 Å². The highest BCUT2D eigenvalue weighted by Crippen LogP contribution is 2.57. The van der Waals surface area contributed by atoms with E-state index < -0.39 is 5.97 Å². The van der Waals surface area contributed by atoms with E-state index in [-0.39, 0.29) is 17.4 Å². The Labute approximate surface area is 180 Å². The van der Waals surface area contributed by atoms with Crippen molar-refractivity contribution in [2.24, 2.45) is 40.4 Å². The zero-order valence-electron chi connectivity index (χ0n) is 20.0. The highest BCUT2D eigenvalue weighted by atomic mass is 16.4. The fraction of sp³-hybridized carbons (Fsp3) is 0.962. The van der Waals surface area contributed by atoms with Gasteiger partial charge < -0.3 is 10.2 Å². The fourth-order valence-corrected chi connectivity index (χ4v) is 6.96. The Kier molecular flexibility index (Phi) is 8.65. The quantitative estimate of drug-likeness (QED) is 0.412. The molecule has 2 aliphatic carbocycles.